The third-order valence-electron chi connectivity index (χ3n) is 2.26. The van der Waals surface area contributed by atoms with E-state index in [9.17, 15) is 0 Å². The molecule has 2 aromatic rings. The van der Waals surface area contributed by atoms with Gasteiger partial charge >= 0.3 is 0 Å². The van der Waals surface area contributed by atoms with Crippen molar-refractivity contribution in [1.29, 1.82) is 0 Å². The molecule has 18 heavy (non-hydrogen) atoms. The first-order valence-corrected chi connectivity index (χ1v) is 5.47. The van der Waals surface area contributed by atoms with Gasteiger partial charge in [0.25, 0.3) is 0 Å². The minimum absolute atomic E-state index is 0. The van der Waals surface area contributed by atoms with Crippen molar-refractivity contribution in [2.75, 3.05) is 0 Å². The van der Waals surface area contributed by atoms with E-state index in [0.717, 1.165) is 11.3 Å². The molecule has 0 aliphatic heterocycles. The maximum absolute atomic E-state index is 5.82. The number of benzene rings is 2. The van der Waals surface area contributed by atoms with Gasteiger partial charge in [-0.15, -0.1) is 12.4 Å². The van der Waals surface area contributed by atoms with E-state index < -0.39 is 0 Å². The van der Waals surface area contributed by atoms with Gasteiger partial charge in [-0.2, -0.15) is 0 Å². The molecule has 2 nitrogen and oxygen atoms in total. The van der Waals surface area contributed by atoms with Crippen molar-refractivity contribution < 1.29 is 0 Å². The molecule has 2 N–H and O–H groups in total. The normalized spacial score (nSPS) is 11.2. The average molecular weight is 259 g/mol. The van der Waals surface area contributed by atoms with Gasteiger partial charge in [0.2, 0.25) is 0 Å². The van der Waals surface area contributed by atoms with Crippen LogP contribution in [-0.2, 0) is 0 Å². The number of hydrogen-bond donors (Lipinski definition) is 1. The van der Waals surface area contributed by atoms with Gasteiger partial charge in [0.1, 0.15) is 5.84 Å². The van der Waals surface area contributed by atoms with Gasteiger partial charge in [-0.05, 0) is 23.8 Å². The lowest BCUT2D eigenvalue weighted by Gasteiger charge is -1.95. The zero-order valence-electron chi connectivity index (χ0n) is 9.86. The van der Waals surface area contributed by atoms with Gasteiger partial charge in [0, 0.05) is 0 Å². The van der Waals surface area contributed by atoms with E-state index in [1.807, 2.05) is 72.8 Å². The van der Waals surface area contributed by atoms with Crippen LogP contribution < -0.4 is 5.73 Å². The Morgan fingerprint density at radius 2 is 1.44 bits per heavy atom. The standard InChI is InChI=1S/C15H14N2.ClH/c16-15(17-14-9-5-2-6-10-14)12-11-13-7-3-1-4-8-13;/h1-12H,(H2,16,17);1H/b12-11+;. The largest absolute Gasteiger partial charge is 0.384 e. The highest BCUT2D eigenvalue weighted by Crippen LogP contribution is 2.09. The van der Waals surface area contributed by atoms with Crippen molar-refractivity contribution >= 4 is 30.0 Å². The van der Waals surface area contributed by atoms with Crippen LogP contribution in [0.4, 0.5) is 5.69 Å². The second-order valence-electron chi connectivity index (χ2n) is 3.62. The van der Waals surface area contributed by atoms with Gasteiger partial charge in [0.05, 0.1) is 5.69 Å². The molecule has 0 saturated heterocycles. The highest BCUT2D eigenvalue weighted by molar-refractivity contribution is 5.96. The summed E-state index contributed by atoms with van der Waals surface area (Å²) < 4.78 is 0. The molecule has 3 heteroatoms. The number of aliphatic imine (C=N–C) groups is 1. The van der Waals surface area contributed by atoms with E-state index in [1.54, 1.807) is 0 Å². The first kappa shape index (κ1) is 14.0. The summed E-state index contributed by atoms with van der Waals surface area (Å²) in [4.78, 5) is 4.28. The Bertz CT molecular complexity index is 519. The van der Waals surface area contributed by atoms with Crippen molar-refractivity contribution in [2.45, 2.75) is 0 Å². The molecule has 0 aliphatic carbocycles. The SMILES string of the molecule is Cl.NC(/C=C/c1ccccc1)=Nc1ccccc1. The number of rotatable bonds is 3. The fourth-order valence-electron chi connectivity index (χ4n) is 1.43. The molecule has 0 heterocycles. The van der Waals surface area contributed by atoms with Crippen molar-refractivity contribution in [3.8, 4) is 0 Å². The number of amidine groups is 1. The third kappa shape index (κ3) is 4.44. The number of nitrogens with zero attached hydrogens (tertiary/aromatic N) is 1. The molecule has 0 unspecified atom stereocenters. The van der Waals surface area contributed by atoms with Gasteiger partial charge < -0.3 is 5.73 Å². The van der Waals surface area contributed by atoms with Crippen LogP contribution in [0.15, 0.2) is 71.7 Å². The Morgan fingerprint density at radius 1 is 0.889 bits per heavy atom. The monoisotopic (exact) mass is 258 g/mol. The van der Waals surface area contributed by atoms with E-state index in [-0.39, 0.29) is 12.4 Å². The topological polar surface area (TPSA) is 38.4 Å². The van der Waals surface area contributed by atoms with Crippen LogP contribution >= 0.6 is 12.4 Å². The van der Waals surface area contributed by atoms with Crippen LogP contribution in [0, 0.1) is 0 Å². The number of para-hydroxylation sites is 1. The van der Waals surface area contributed by atoms with Gasteiger partial charge in [0.15, 0.2) is 0 Å². The molecule has 0 atom stereocenters. The summed E-state index contributed by atoms with van der Waals surface area (Å²) in [6.45, 7) is 0. The average Bonchev–Trinajstić information content (AvgIpc) is 2.39. The summed E-state index contributed by atoms with van der Waals surface area (Å²) in [5.74, 6) is 0.500. The van der Waals surface area contributed by atoms with Gasteiger partial charge in [-0.25, -0.2) is 4.99 Å². The Balaban J connectivity index is 0.00000162. The van der Waals surface area contributed by atoms with Crippen molar-refractivity contribution in [1.82, 2.24) is 0 Å². The molecular weight excluding hydrogens is 244 g/mol. The van der Waals surface area contributed by atoms with Crippen LogP contribution in [0.5, 0.6) is 0 Å². The van der Waals surface area contributed by atoms with E-state index >= 15 is 0 Å². The number of hydrogen-bond acceptors (Lipinski definition) is 1. The molecule has 0 radical (unpaired) electrons. The Hall–Kier alpha value is -2.06. The lowest BCUT2D eigenvalue weighted by atomic mass is 10.2. The van der Waals surface area contributed by atoms with Crippen molar-refractivity contribution in [3.05, 3.63) is 72.3 Å². The molecule has 92 valence electrons. The smallest absolute Gasteiger partial charge is 0.124 e. The molecule has 0 spiro atoms. The van der Waals surface area contributed by atoms with Crippen molar-refractivity contribution in [2.24, 2.45) is 10.7 Å². The highest BCUT2D eigenvalue weighted by atomic mass is 35.5. The van der Waals surface area contributed by atoms with Crippen LogP contribution in [0.2, 0.25) is 0 Å². The fourth-order valence-corrected chi connectivity index (χ4v) is 1.43. The zero-order valence-corrected chi connectivity index (χ0v) is 10.7. The first-order chi connectivity index (χ1) is 8.34. The molecule has 0 fully saturated rings. The Kier molecular flexibility index (Phi) is 5.68. The lowest BCUT2D eigenvalue weighted by molar-refractivity contribution is 1.48. The molecule has 0 bridgehead atoms. The summed E-state index contributed by atoms with van der Waals surface area (Å²) in [5.41, 5.74) is 7.79. The predicted octanol–water partition coefficient (Wildman–Crippen LogP) is 3.81. The molecule has 0 aromatic heterocycles. The first-order valence-electron chi connectivity index (χ1n) is 5.47. The summed E-state index contributed by atoms with van der Waals surface area (Å²) in [5, 5.41) is 0. The third-order valence-corrected chi connectivity index (χ3v) is 2.26. The second kappa shape index (κ2) is 7.30. The van der Waals surface area contributed by atoms with Crippen LogP contribution in [0.3, 0.4) is 0 Å². The van der Waals surface area contributed by atoms with Gasteiger partial charge in [-0.3, -0.25) is 0 Å². The second-order valence-corrected chi connectivity index (χ2v) is 3.62. The molecule has 2 aromatic carbocycles. The zero-order chi connectivity index (χ0) is 11.9. The molecule has 2 rings (SSSR count). The Labute approximate surface area is 113 Å². The lowest BCUT2D eigenvalue weighted by Crippen LogP contribution is -2.06. The summed E-state index contributed by atoms with van der Waals surface area (Å²) in [7, 11) is 0. The quantitative estimate of drug-likeness (QED) is 0.660. The summed E-state index contributed by atoms with van der Waals surface area (Å²) >= 11 is 0. The number of nitrogens with two attached hydrogens (primary N) is 1. The van der Waals surface area contributed by atoms with E-state index in [0.29, 0.717) is 5.84 Å². The predicted molar refractivity (Wildman–Crippen MR) is 80.4 cm³/mol. The Morgan fingerprint density at radius 3 is 2.06 bits per heavy atom. The van der Waals surface area contributed by atoms with Gasteiger partial charge in [-0.1, -0.05) is 54.6 Å². The highest BCUT2D eigenvalue weighted by Gasteiger charge is 1.88. The van der Waals surface area contributed by atoms with E-state index in [4.69, 9.17) is 5.73 Å². The van der Waals surface area contributed by atoms with Crippen molar-refractivity contribution in [3.63, 3.8) is 0 Å². The fraction of sp³-hybridized carbons (Fsp3) is 0. The summed E-state index contributed by atoms with van der Waals surface area (Å²) in [6, 6.07) is 19.7. The van der Waals surface area contributed by atoms with E-state index in [1.165, 1.54) is 0 Å². The van der Waals surface area contributed by atoms with Crippen LogP contribution in [0.1, 0.15) is 5.56 Å². The molecule has 0 saturated carbocycles. The molecular formula is C15H15ClN2. The van der Waals surface area contributed by atoms with E-state index in [2.05, 4.69) is 4.99 Å². The summed E-state index contributed by atoms with van der Waals surface area (Å²) in [6.07, 6.45) is 3.75. The van der Waals surface area contributed by atoms with Crippen LogP contribution in [0.25, 0.3) is 6.08 Å². The molecule has 0 aliphatic rings. The maximum Gasteiger partial charge on any atom is 0.124 e. The minimum atomic E-state index is 0. The minimum Gasteiger partial charge on any atom is -0.384 e. The molecule has 0 amide bonds. The van der Waals surface area contributed by atoms with Crippen LogP contribution in [-0.4, -0.2) is 5.84 Å². The number of halogens is 1. The maximum atomic E-state index is 5.82.